The molecule has 1 amide bonds. The van der Waals surface area contributed by atoms with Gasteiger partial charge in [0.1, 0.15) is 6.04 Å². The number of carbonyl (C=O) groups is 1. The van der Waals surface area contributed by atoms with E-state index in [9.17, 15) is 10.1 Å². The number of nitrogens with zero attached hydrogens (tertiary/aromatic N) is 2. The first kappa shape index (κ1) is 18.6. The third-order valence-electron chi connectivity index (χ3n) is 5.29. The van der Waals surface area contributed by atoms with Gasteiger partial charge in [0.2, 0.25) is 5.91 Å². The van der Waals surface area contributed by atoms with Crippen molar-refractivity contribution in [1.82, 2.24) is 10.6 Å². The van der Waals surface area contributed by atoms with Gasteiger partial charge in [-0.2, -0.15) is 10.5 Å². The fraction of sp³-hybridized carbons (Fsp3) is 0.318. The molecule has 136 valence electrons. The Kier molecular flexibility index (Phi) is 5.54. The van der Waals surface area contributed by atoms with E-state index in [2.05, 4.69) is 22.8 Å². The van der Waals surface area contributed by atoms with Crippen LogP contribution in [0.1, 0.15) is 24.5 Å². The van der Waals surface area contributed by atoms with Gasteiger partial charge in [0.05, 0.1) is 23.1 Å². The predicted molar refractivity (Wildman–Crippen MR) is 103 cm³/mol. The van der Waals surface area contributed by atoms with Gasteiger partial charge >= 0.3 is 0 Å². The quantitative estimate of drug-likeness (QED) is 0.831. The highest BCUT2D eigenvalue weighted by Gasteiger charge is 2.43. The number of benzene rings is 2. The Hall–Kier alpha value is -3.15. The van der Waals surface area contributed by atoms with Crippen LogP contribution in [0.3, 0.4) is 0 Å². The van der Waals surface area contributed by atoms with Gasteiger partial charge < -0.3 is 10.6 Å². The number of nitrogens with one attached hydrogen (secondary N) is 2. The van der Waals surface area contributed by atoms with E-state index in [0.29, 0.717) is 25.1 Å². The number of hydrogen-bond donors (Lipinski definition) is 2. The summed E-state index contributed by atoms with van der Waals surface area (Å²) in [6.07, 6.45) is 1.24. The fourth-order valence-electron chi connectivity index (χ4n) is 3.24. The average molecular weight is 358 g/mol. The molecule has 1 heterocycles. The summed E-state index contributed by atoms with van der Waals surface area (Å²) in [4.78, 5) is 12.5. The molecule has 1 saturated heterocycles. The summed E-state index contributed by atoms with van der Waals surface area (Å²) in [5.74, 6) is -0.0375. The van der Waals surface area contributed by atoms with Gasteiger partial charge in [-0.1, -0.05) is 43.3 Å². The molecule has 1 aliphatic heterocycles. The molecule has 1 unspecified atom stereocenters. The van der Waals surface area contributed by atoms with E-state index in [1.54, 1.807) is 12.1 Å². The van der Waals surface area contributed by atoms with E-state index >= 15 is 0 Å². The van der Waals surface area contributed by atoms with Crippen LogP contribution in [0.15, 0.2) is 48.5 Å². The summed E-state index contributed by atoms with van der Waals surface area (Å²) in [6, 6.07) is 19.1. The molecule has 0 spiro atoms. The van der Waals surface area contributed by atoms with Crippen LogP contribution >= 0.6 is 0 Å². The second kappa shape index (κ2) is 8.03. The van der Waals surface area contributed by atoms with Gasteiger partial charge in [-0.25, -0.2) is 0 Å². The van der Waals surface area contributed by atoms with Crippen LogP contribution in [-0.2, 0) is 11.2 Å². The Bertz CT molecular complexity index is 878. The Morgan fingerprint density at radius 1 is 1.11 bits per heavy atom. The minimum Gasteiger partial charge on any atom is -0.339 e. The molecule has 0 saturated carbocycles. The summed E-state index contributed by atoms with van der Waals surface area (Å²) >= 11 is 0. The second-order valence-electron chi connectivity index (χ2n) is 6.98. The number of amides is 1. The fourth-order valence-corrected chi connectivity index (χ4v) is 3.24. The van der Waals surface area contributed by atoms with Crippen molar-refractivity contribution in [2.75, 3.05) is 13.1 Å². The van der Waals surface area contributed by atoms with Gasteiger partial charge in [0.15, 0.2) is 0 Å². The van der Waals surface area contributed by atoms with E-state index < -0.39 is 6.04 Å². The largest absolute Gasteiger partial charge is 0.339 e. The molecule has 5 heteroatoms. The van der Waals surface area contributed by atoms with Gasteiger partial charge in [0, 0.05) is 19.5 Å². The molecule has 0 bridgehead atoms. The first-order valence-electron chi connectivity index (χ1n) is 9.11. The average Bonchev–Trinajstić information content (AvgIpc) is 2.67. The summed E-state index contributed by atoms with van der Waals surface area (Å²) in [5, 5.41) is 24.4. The lowest BCUT2D eigenvalue weighted by Crippen LogP contribution is -2.62. The Balaban J connectivity index is 1.65. The zero-order valence-corrected chi connectivity index (χ0v) is 15.3. The van der Waals surface area contributed by atoms with Crippen molar-refractivity contribution in [2.24, 2.45) is 5.41 Å². The first-order valence-corrected chi connectivity index (χ1v) is 9.11. The monoisotopic (exact) mass is 358 g/mol. The van der Waals surface area contributed by atoms with E-state index in [1.807, 2.05) is 43.3 Å². The lowest BCUT2D eigenvalue weighted by Gasteiger charge is -2.40. The van der Waals surface area contributed by atoms with E-state index in [1.165, 1.54) is 0 Å². The third kappa shape index (κ3) is 4.00. The number of nitriles is 2. The highest BCUT2D eigenvalue weighted by atomic mass is 16.2. The highest BCUT2D eigenvalue weighted by molar-refractivity contribution is 5.84. The van der Waals surface area contributed by atoms with E-state index in [4.69, 9.17) is 5.26 Å². The van der Waals surface area contributed by atoms with Crippen LogP contribution in [-0.4, -0.2) is 25.0 Å². The van der Waals surface area contributed by atoms with Crippen molar-refractivity contribution < 1.29 is 4.79 Å². The van der Waals surface area contributed by atoms with Gasteiger partial charge in [-0.15, -0.1) is 0 Å². The maximum Gasteiger partial charge on any atom is 0.229 e. The first-order chi connectivity index (χ1) is 13.1. The predicted octanol–water partition coefficient (Wildman–Crippen LogP) is 2.78. The normalized spacial score (nSPS) is 15.7. The molecular formula is C22H22N4O. The maximum atomic E-state index is 12.5. The van der Waals surface area contributed by atoms with E-state index in [0.717, 1.165) is 23.1 Å². The molecule has 5 nitrogen and oxygen atoms in total. The zero-order chi connectivity index (χ0) is 19.3. The highest BCUT2D eigenvalue weighted by Crippen LogP contribution is 2.27. The molecule has 27 heavy (non-hydrogen) atoms. The number of carbonyl (C=O) groups excluding carboxylic acids is 1. The lowest BCUT2D eigenvalue weighted by molar-refractivity contribution is -0.134. The minimum absolute atomic E-state index is 0.0375. The lowest BCUT2D eigenvalue weighted by atomic mass is 9.78. The minimum atomic E-state index is -0.540. The molecule has 2 N–H and O–H groups in total. The molecule has 2 aromatic carbocycles. The van der Waals surface area contributed by atoms with Crippen LogP contribution in [0.2, 0.25) is 0 Å². The van der Waals surface area contributed by atoms with Crippen molar-refractivity contribution in [3.63, 3.8) is 0 Å². The van der Waals surface area contributed by atoms with Gasteiger partial charge in [-0.3, -0.25) is 4.79 Å². The molecule has 2 aromatic rings. The third-order valence-corrected chi connectivity index (χ3v) is 5.29. The van der Waals surface area contributed by atoms with E-state index in [-0.39, 0.29) is 11.3 Å². The smallest absolute Gasteiger partial charge is 0.229 e. The number of hydrogen-bond acceptors (Lipinski definition) is 4. The molecule has 1 aliphatic rings. The SMILES string of the molecule is CCC1(C(=O)NC(C#N)Cc2ccc(-c3ccc(C#N)cc3)cc2)CNC1. The van der Waals surface area contributed by atoms with Crippen LogP contribution in [0.25, 0.3) is 11.1 Å². The topological polar surface area (TPSA) is 88.7 Å². The molecule has 1 atom stereocenters. The maximum absolute atomic E-state index is 12.5. The molecule has 0 aliphatic carbocycles. The van der Waals surface area contributed by atoms with Crippen LogP contribution in [0.5, 0.6) is 0 Å². The summed E-state index contributed by atoms with van der Waals surface area (Å²) < 4.78 is 0. The molecule has 0 aromatic heterocycles. The standard InChI is InChI=1S/C22H22N4O/c1-2-22(14-25-15-22)21(27)26-20(13-24)11-16-3-7-18(8-4-16)19-9-5-17(12-23)6-10-19/h3-10,20,25H,2,11,14-15H2,1H3,(H,26,27). The van der Waals surface area contributed by atoms with Crippen LogP contribution < -0.4 is 10.6 Å². The van der Waals surface area contributed by atoms with Gasteiger partial charge in [0.25, 0.3) is 0 Å². The Morgan fingerprint density at radius 2 is 1.70 bits per heavy atom. The summed E-state index contributed by atoms with van der Waals surface area (Å²) in [5.41, 5.74) is 3.35. The van der Waals surface area contributed by atoms with Crippen molar-refractivity contribution >= 4 is 5.91 Å². The molecule has 0 radical (unpaired) electrons. The molecule has 3 rings (SSSR count). The van der Waals surface area contributed by atoms with Crippen molar-refractivity contribution in [2.45, 2.75) is 25.8 Å². The second-order valence-corrected chi connectivity index (χ2v) is 6.98. The van der Waals surface area contributed by atoms with Crippen LogP contribution in [0, 0.1) is 28.1 Å². The van der Waals surface area contributed by atoms with Crippen LogP contribution in [0.4, 0.5) is 0 Å². The van der Waals surface area contributed by atoms with Crippen molar-refractivity contribution in [1.29, 1.82) is 10.5 Å². The summed E-state index contributed by atoms with van der Waals surface area (Å²) in [6.45, 7) is 3.35. The summed E-state index contributed by atoms with van der Waals surface area (Å²) in [7, 11) is 0. The zero-order valence-electron chi connectivity index (χ0n) is 15.3. The molecule has 1 fully saturated rings. The Labute approximate surface area is 159 Å². The number of rotatable bonds is 6. The van der Waals surface area contributed by atoms with Crippen molar-refractivity contribution in [3.05, 3.63) is 59.7 Å². The molecular weight excluding hydrogens is 336 g/mol. The Morgan fingerprint density at radius 3 is 2.15 bits per heavy atom. The van der Waals surface area contributed by atoms with Crippen molar-refractivity contribution in [3.8, 4) is 23.3 Å². The van der Waals surface area contributed by atoms with Gasteiger partial charge in [-0.05, 0) is 35.2 Å².